The third-order valence-electron chi connectivity index (χ3n) is 3.82. The van der Waals surface area contributed by atoms with Crippen molar-refractivity contribution in [3.8, 4) is 0 Å². The van der Waals surface area contributed by atoms with Crippen LogP contribution in [0, 0.1) is 6.92 Å². The van der Waals surface area contributed by atoms with Crippen molar-refractivity contribution in [2.75, 3.05) is 5.32 Å². The van der Waals surface area contributed by atoms with E-state index >= 15 is 0 Å². The maximum atomic E-state index is 11.3. The molecule has 0 saturated carbocycles. The number of nitrogens with one attached hydrogen (secondary N) is 1. The van der Waals surface area contributed by atoms with E-state index in [1.807, 2.05) is 19.2 Å². The number of carbonyl (C=O) groups is 1. The lowest BCUT2D eigenvalue weighted by molar-refractivity contribution is -0.139. The highest BCUT2D eigenvalue weighted by Gasteiger charge is 2.29. The number of hydrogen-bond acceptors (Lipinski definition) is 5. The predicted octanol–water partition coefficient (Wildman–Crippen LogP) is 2.96. The Morgan fingerprint density at radius 2 is 2.43 bits per heavy atom. The summed E-state index contributed by atoms with van der Waals surface area (Å²) in [6, 6.07) is 1.98. The molecular formula is C15H17N3O2S. The Bertz CT molecular complexity index is 669. The molecule has 0 amide bonds. The number of aromatic nitrogens is 2. The van der Waals surface area contributed by atoms with Gasteiger partial charge in [0, 0.05) is 23.8 Å². The van der Waals surface area contributed by atoms with Crippen molar-refractivity contribution >= 4 is 22.4 Å². The third-order valence-corrected chi connectivity index (χ3v) is 4.91. The Labute approximate surface area is 127 Å². The molecule has 3 rings (SSSR count). The zero-order chi connectivity index (χ0) is 14.8. The molecule has 5 nitrogen and oxygen atoms in total. The molecule has 1 aliphatic rings. The van der Waals surface area contributed by atoms with Gasteiger partial charge in [-0.1, -0.05) is 0 Å². The van der Waals surface area contributed by atoms with Gasteiger partial charge in [0.1, 0.15) is 5.92 Å². The minimum absolute atomic E-state index is 0.441. The number of pyridine rings is 1. The molecule has 0 spiro atoms. The van der Waals surface area contributed by atoms with Crippen LogP contribution in [0.4, 0.5) is 5.13 Å². The van der Waals surface area contributed by atoms with E-state index < -0.39 is 11.9 Å². The van der Waals surface area contributed by atoms with Crippen molar-refractivity contribution in [2.45, 2.75) is 38.6 Å². The molecule has 21 heavy (non-hydrogen) atoms. The zero-order valence-electron chi connectivity index (χ0n) is 11.8. The summed E-state index contributed by atoms with van der Waals surface area (Å²) < 4.78 is 0. The highest BCUT2D eigenvalue weighted by molar-refractivity contribution is 7.15. The van der Waals surface area contributed by atoms with Crippen LogP contribution >= 0.6 is 11.3 Å². The number of thiazole rings is 1. The Kier molecular flexibility index (Phi) is 3.88. The van der Waals surface area contributed by atoms with Gasteiger partial charge in [0.2, 0.25) is 0 Å². The van der Waals surface area contributed by atoms with E-state index in [0.717, 1.165) is 34.1 Å². The maximum absolute atomic E-state index is 11.3. The van der Waals surface area contributed by atoms with Crippen LogP contribution in [0.25, 0.3) is 0 Å². The molecule has 2 aromatic rings. The summed E-state index contributed by atoms with van der Waals surface area (Å²) in [6.07, 6.45) is 6.17. The molecule has 0 aliphatic heterocycles. The quantitative estimate of drug-likeness (QED) is 0.908. The second-order valence-electron chi connectivity index (χ2n) is 5.27. The van der Waals surface area contributed by atoms with Crippen LogP contribution in [0.1, 0.15) is 40.5 Å². The highest BCUT2D eigenvalue weighted by atomic mass is 32.1. The number of carboxylic acid groups (broad SMARTS) is 1. The lowest BCUT2D eigenvalue weighted by Crippen LogP contribution is -2.17. The Hall–Kier alpha value is -1.95. The maximum Gasteiger partial charge on any atom is 0.312 e. The number of aliphatic carboxylic acids is 1. The first-order valence-corrected chi connectivity index (χ1v) is 7.82. The fourth-order valence-corrected chi connectivity index (χ4v) is 3.67. The standard InChI is InChI=1S/C15H17N3O2S/c1-9-7-16-6-5-10(9)8-17-15-18-13-11(14(19)20)3-2-4-12(13)21-15/h5-7,11H,2-4,8H2,1H3,(H,17,18)(H,19,20). The predicted molar refractivity (Wildman–Crippen MR) is 81.7 cm³/mol. The second-order valence-corrected chi connectivity index (χ2v) is 6.35. The molecule has 110 valence electrons. The van der Waals surface area contributed by atoms with E-state index in [-0.39, 0.29) is 0 Å². The van der Waals surface area contributed by atoms with Crippen LogP contribution in [0.15, 0.2) is 18.5 Å². The van der Waals surface area contributed by atoms with Gasteiger partial charge < -0.3 is 10.4 Å². The summed E-state index contributed by atoms with van der Waals surface area (Å²) in [5, 5.41) is 13.4. The van der Waals surface area contributed by atoms with Crippen molar-refractivity contribution < 1.29 is 9.90 Å². The number of hydrogen-bond donors (Lipinski definition) is 2. The summed E-state index contributed by atoms with van der Waals surface area (Å²) in [7, 11) is 0. The first kappa shape index (κ1) is 14.0. The molecule has 0 saturated heterocycles. The third kappa shape index (κ3) is 2.90. The number of nitrogens with zero attached hydrogens (tertiary/aromatic N) is 2. The molecule has 6 heteroatoms. The van der Waals surface area contributed by atoms with Gasteiger partial charge in [-0.15, -0.1) is 11.3 Å². The van der Waals surface area contributed by atoms with Crippen LogP contribution < -0.4 is 5.32 Å². The minimum Gasteiger partial charge on any atom is -0.481 e. The van der Waals surface area contributed by atoms with E-state index in [1.54, 1.807) is 17.5 Å². The number of rotatable bonds is 4. The van der Waals surface area contributed by atoms with Gasteiger partial charge in [-0.3, -0.25) is 9.78 Å². The smallest absolute Gasteiger partial charge is 0.312 e. The van der Waals surface area contributed by atoms with E-state index in [2.05, 4.69) is 15.3 Å². The molecule has 0 radical (unpaired) electrons. The van der Waals surface area contributed by atoms with Gasteiger partial charge in [0.25, 0.3) is 0 Å². The van der Waals surface area contributed by atoms with Crippen LogP contribution in [0.2, 0.25) is 0 Å². The van der Waals surface area contributed by atoms with Gasteiger partial charge in [0.05, 0.1) is 5.69 Å². The molecule has 0 bridgehead atoms. The number of aryl methyl sites for hydroxylation is 2. The first-order valence-electron chi connectivity index (χ1n) is 7.01. The summed E-state index contributed by atoms with van der Waals surface area (Å²) >= 11 is 1.58. The summed E-state index contributed by atoms with van der Waals surface area (Å²) in [6.45, 7) is 2.70. The Balaban J connectivity index is 1.76. The van der Waals surface area contributed by atoms with Crippen molar-refractivity contribution in [3.05, 3.63) is 40.2 Å². The van der Waals surface area contributed by atoms with Gasteiger partial charge >= 0.3 is 5.97 Å². The van der Waals surface area contributed by atoms with Crippen molar-refractivity contribution in [1.29, 1.82) is 0 Å². The van der Waals surface area contributed by atoms with Gasteiger partial charge in [-0.25, -0.2) is 4.98 Å². The molecule has 2 N–H and O–H groups in total. The SMILES string of the molecule is Cc1cnccc1CNc1nc2c(s1)CCCC2C(=O)O. The Morgan fingerprint density at radius 1 is 1.57 bits per heavy atom. The fraction of sp³-hybridized carbons (Fsp3) is 0.400. The van der Waals surface area contributed by atoms with Crippen molar-refractivity contribution in [1.82, 2.24) is 9.97 Å². The lowest BCUT2D eigenvalue weighted by atomic mass is 9.91. The summed E-state index contributed by atoms with van der Waals surface area (Å²) in [5.41, 5.74) is 3.07. The lowest BCUT2D eigenvalue weighted by Gasteiger charge is -2.16. The molecule has 1 atom stereocenters. The van der Waals surface area contributed by atoms with E-state index in [9.17, 15) is 9.90 Å². The van der Waals surface area contributed by atoms with Crippen molar-refractivity contribution in [3.63, 3.8) is 0 Å². The molecule has 1 aliphatic carbocycles. The number of anilines is 1. The highest BCUT2D eigenvalue weighted by Crippen LogP contribution is 2.36. The molecule has 2 heterocycles. The normalized spacial score (nSPS) is 17.3. The number of carboxylic acids is 1. The summed E-state index contributed by atoms with van der Waals surface area (Å²) in [4.78, 5) is 21.0. The van der Waals surface area contributed by atoms with Crippen molar-refractivity contribution in [2.24, 2.45) is 0 Å². The van der Waals surface area contributed by atoms with E-state index in [1.165, 1.54) is 5.56 Å². The van der Waals surface area contributed by atoms with Crippen LogP contribution in [0.5, 0.6) is 0 Å². The molecule has 2 aromatic heterocycles. The van der Waals surface area contributed by atoms with E-state index in [4.69, 9.17) is 0 Å². The van der Waals surface area contributed by atoms with Gasteiger partial charge in [-0.05, 0) is 43.4 Å². The minimum atomic E-state index is -0.766. The summed E-state index contributed by atoms with van der Waals surface area (Å²) in [5.74, 6) is -1.21. The Morgan fingerprint density at radius 3 is 3.19 bits per heavy atom. The van der Waals surface area contributed by atoms with Crippen LogP contribution in [-0.4, -0.2) is 21.0 Å². The second kappa shape index (κ2) is 5.81. The van der Waals surface area contributed by atoms with Gasteiger partial charge in [0.15, 0.2) is 5.13 Å². The largest absolute Gasteiger partial charge is 0.481 e. The van der Waals surface area contributed by atoms with Crippen LogP contribution in [-0.2, 0) is 17.8 Å². The topological polar surface area (TPSA) is 75.1 Å². The molecule has 1 unspecified atom stereocenters. The average Bonchev–Trinajstić information content (AvgIpc) is 2.88. The van der Waals surface area contributed by atoms with E-state index in [0.29, 0.717) is 13.0 Å². The monoisotopic (exact) mass is 303 g/mol. The molecular weight excluding hydrogens is 286 g/mol. The molecule has 0 aromatic carbocycles. The first-order chi connectivity index (χ1) is 10.1. The molecule has 0 fully saturated rings. The average molecular weight is 303 g/mol. The van der Waals surface area contributed by atoms with Gasteiger partial charge in [-0.2, -0.15) is 0 Å². The number of fused-ring (bicyclic) bond motifs is 1. The van der Waals surface area contributed by atoms with Crippen LogP contribution in [0.3, 0.4) is 0 Å². The zero-order valence-corrected chi connectivity index (χ0v) is 12.6. The fourth-order valence-electron chi connectivity index (χ4n) is 2.61.